The third kappa shape index (κ3) is 6.75. The lowest BCUT2D eigenvalue weighted by atomic mass is 10.1. The molecule has 0 radical (unpaired) electrons. The Morgan fingerprint density at radius 1 is 1.12 bits per heavy atom. The molecule has 1 aromatic heterocycles. The lowest BCUT2D eigenvalue weighted by Gasteiger charge is -2.28. The Bertz CT molecular complexity index is 975. The standard InChI is InChI=1S/C21H24Cl3N3O4S/c1-5-31-19(30)14-12(4)15(17(29)25-13-9-7-6-8-10-13)32-18(14)27-20(21(22,23)24)26-16(28)11(2)3/h6-11,20,27H,5H2,1-4H3,(H,25,29)(H,26,28). The highest BCUT2D eigenvalue weighted by atomic mass is 35.6. The molecule has 0 saturated carbocycles. The summed E-state index contributed by atoms with van der Waals surface area (Å²) in [6.07, 6.45) is -1.17. The van der Waals surface area contributed by atoms with Gasteiger partial charge < -0.3 is 20.7 Å². The van der Waals surface area contributed by atoms with Gasteiger partial charge in [-0.15, -0.1) is 11.3 Å². The molecule has 0 aliphatic heterocycles. The molecule has 0 aliphatic carbocycles. The van der Waals surface area contributed by atoms with Crippen LogP contribution in [0.25, 0.3) is 0 Å². The largest absolute Gasteiger partial charge is 0.462 e. The number of halogens is 3. The van der Waals surface area contributed by atoms with E-state index in [0.717, 1.165) is 11.3 Å². The maximum atomic E-state index is 12.9. The fourth-order valence-corrected chi connectivity index (χ4v) is 4.08. The molecular formula is C21H24Cl3N3O4S. The summed E-state index contributed by atoms with van der Waals surface area (Å²) in [5.74, 6) is -1.77. The Kier molecular flexibility index (Phi) is 9.21. The highest BCUT2D eigenvalue weighted by molar-refractivity contribution is 7.18. The SMILES string of the molecule is CCOC(=O)c1c(NC(NC(=O)C(C)C)C(Cl)(Cl)Cl)sc(C(=O)Nc2ccccc2)c1C. The van der Waals surface area contributed by atoms with Gasteiger partial charge in [0, 0.05) is 11.6 Å². The first-order valence-electron chi connectivity index (χ1n) is 9.76. The van der Waals surface area contributed by atoms with Gasteiger partial charge >= 0.3 is 5.97 Å². The van der Waals surface area contributed by atoms with Gasteiger partial charge in [-0.05, 0) is 31.5 Å². The maximum Gasteiger partial charge on any atom is 0.341 e. The van der Waals surface area contributed by atoms with E-state index in [9.17, 15) is 14.4 Å². The van der Waals surface area contributed by atoms with Crippen LogP contribution in [0.2, 0.25) is 0 Å². The van der Waals surface area contributed by atoms with E-state index < -0.39 is 21.8 Å². The average Bonchev–Trinajstić information content (AvgIpc) is 3.03. The molecule has 0 saturated heterocycles. The molecular weight excluding hydrogens is 497 g/mol. The van der Waals surface area contributed by atoms with Gasteiger partial charge in [-0.2, -0.15) is 0 Å². The monoisotopic (exact) mass is 519 g/mol. The van der Waals surface area contributed by atoms with Gasteiger partial charge in [-0.1, -0.05) is 66.8 Å². The fraction of sp³-hybridized carbons (Fsp3) is 0.381. The zero-order chi connectivity index (χ0) is 24.1. The summed E-state index contributed by atoms with van der Waals surface area (Å²) >= 11 is 19.2. The number of alkyl halides is 3. The van der Waals surface area contributed by atoms with Gasteiger partial charge in [0.05, 0.1) is 17.0 Å². The molecule has 0 aliphatic rings. The van der Waals surface area contributed by atoms with Crippen LogP contribution in [0.5, 0.6) is 0 Å². The van der Waals surface area contributed by atoms with Crippen LogP contribution in [0.4, 0.5) is 10.7 Å². The zero-order valence-corrected chi connectivity index (χ0v) is 21.0. The van der Waals surface area contributed by atoms with Crippen LogP contribution in [-0.2, 0) is 9.53 Å². The van der Waals surface area contributed by atoms with Crippen molar-refractivity contribution in [1.82, 2.24) is 5.32 Å². The minimum absolute atomic E-state index is 0.133. The molecule has 1 aromatic carbocycles. The maximum absolute atomic E-state index is 12.9. The molecule has 11 heteroatoms. The Balaban J connectivity index is 2.45. The first-order valence-corrected chi connectivity index (χ1v) is 11.7. The molecule has 2 rings (SSSR count). The Labute approximate surface area is 205 Å². The quantitative estimate of drug-likeness (QED) is 0.247. The number of carbonyl (C=O) groups excluding carboxylic acids is 3. The second kappa shape index (κ2) is 11.2. The molecule has 7 nitrogen and oxygen atoms in total. The van der Waals surface area contributed by atoms with Gasteiger partial charge in [0.1, 0.15) is 11.2 Å². The van der Waals surface area contributed by atoms with Crippen LogP contribution in [0.15, 0.2) is 30.3 Å². The summed E-state index contributed by atoms with van der Waals surface area (Å²) in [6, 6.07) is 8.89. The number of ether oxygens (including phenoxy) is 1. The summed E-state index contributed by atoms with van der Waals surface area (Å²) in [7, 11) is 0. The number of nitrogens with one attached hydrogen (secondary N) is 3. The Morgan fingerprint density at radius 2 is 1.75 bits per heavy atom. The summed E-state index contributed by atoms with van der Waals surface area (Å²) in [4.78, 5) is 38.1. The number of hydrogen-bond donors (Lipinski definition) is 3. The van der Waals surface area contributed by atoms with Crippen molar-refractivity contribution >= 4 is 74.6 Å². The van der Waals surface area contributed by atoms with Crippen molar-refractivity contribution in [2.24, 2.45) is 5.92 Å². The third-order valence-electron chi connectivity index (χ3n) is 4.28. The van der Waals surface area contributed by atoms with Crippen molar-refractivity contribution in [2.45, 2.75) is 37.7 Å². The molecule has 0 spiro atoms. The number of anilines is 2. The van der Waals surface area contributed by atoms with E-state index in [1.54, 1.807) is 52.0 Å². The van der Waals surface area contributed by atoms with Crippen LogP contribution in [0, 0.1) is 12.8 Å². The van der Waals surface area contributed by atoms with Gasteiger partial charge in [0.25, 0.3) is 5.91 Å². The van der Waals surface area contributed by atoms with Crippen molar-refractivity contribution in [3.8, 4) is 0 Å². The number of hydrogen-bond acceptors (Lipinski definition) is 6. The molecule has 0 fully saturated rings. The molecule has 1 unspecified atom stereocenters. The van der Waals surface area contributed by atoms with Gasteiger partial charge in [0.2, 0.25) is 9.70 Å². The number of benzene rings is 1. The van der Waals surface area contributed by atoms with E-state index in [2.05, 4.69) is 16.0 Å². The highest BCUT2D eigenvalue weighted by Crippen LogP contribution is 2.38. The number of para-hydroxylation sites is 1. The van der Waals surface area contributed by atoms with Crippen molar-refractivity contribution in [3.63, 3.8) is 0 Å². The molecule has 1 heterocycles. The number of rotatable bonds is 8. The first kappa shape index (κ1) is 26.3. The molecule has 1 atom stereocenters. The van der Waals surface area contributed by atoms with Crippen molar-refractivity contribution in [2.75, 3.05) is 17.2 Å². The molecule has 2 amide bonds. The number of esters is 1. The number of thiophene rings is 1. The third-order valence-corrected chi connectivity index (χ3v) is 6.15. The van der Waals surface area contributed by atoms with Crippen LogP contribution < -0.4 is 16.0 Å². The van der Waals surface area contributed by atoms with Crippen molar-refractivity contribution in [3.05, 3.63) is 46.3 Å². The Morgan fingerprint density at radius 3 is 2.28 bits per heavy atom. The van der Waals surface area contributed by atoms with E-state index in [0.29, 0.717) is 11.3 Å². The second-order valence-corrected chi connectivity index (χ2v) is 10.5. The van der Waals surface area contributed by atoms with E-state index >= 15 is 0 Å². The molecule has 174 valence electrons. The minimum Gasteiger partial charge on any atom is -0.462 e. The van der Waals surface area contributed by atoms with E-state index in [-0.39, 0.29) is 33.9 Å². The summed E-state index contributed by atoms with van der Waals surface area (Å²) in [6.45, 7) is 6.82. The molecule has 2 aromatic rings. The summed E-state index contributed by atoms with van der Waals surface area (Å²) < 4.78 is 3.21. The van der Waals surface area contributed by atoms with E-state index in [1.165, 1.54) is 0 Å². The van der Waals surface area contributed by atoms with Crippen molar-refractivity contribution in [1.29, 1.82) is 0 Å². The van der Waals surface area contributed by atoms with E-state index in [4.69, 9.17) is 39.5 Å². The van der Waals surface area contributed by atoms with E-state index in [1.807, 2.05) is 6.07 Å². The summed E-state index contributed by atoms with van der Waals surface area (Å²) in [5.41, 5.74) is 1.14. The lowest BCUT2D eigenvalue weighted by molar-refractivity contribution is -0.124. The van der Waals surface area contributed by atoms with Crippen molar-refractivity contribution < 1.29 is 19.1 Å². The first-order chi connectivity index (χ1) is 15.0. The lowest BCUT2D eigenvalue weighted by Crippen LogP contribution is -2.50. The molecule has 32 heavy (non-hydrogen) atoms. The van der Waals surface area contributed by atoms with Gasteiger partial charge in [-0.3, -0.25) is 9.59 Å². The highest BCUT2D eigenvalue weighted by Gasteiger charge is 2.37. The predicted molar refractivity (Wildman–Crippen MR) is 130 cm³/mol. The topological polar surface area (TPSA) is 96.5 Å². The fourth-order valence-electron chi connectivity index (χ4n) is 2.63. The smallest absolute Gasteiger partial charge is 0.341 e. The van der Waals surface area contributed by atoms with Crippen LogP contribution >= 0.6 is 46.1 Å². The second-order valence-electron chi connectivity index (χ2n) is 7.08. The summed E-state index contributed by atoms with van der Waals surface area (Å²) in [5, 5.41) is 8.53. The van der Waals surface area contributed by atoms with Gasteiger partial charge in [0.15, 0.2) is 0 Å². The number of amides is 2. The van der Waals surface area contributed by atoms with Gasteiger partial charge in [-0.25, -0.2) is 4.79 Å². The van der Waals surface area contributed by atoms with Crippen LogP contribution in [0.3, 0.4) is 0 Å². The minimum atomic E-state index is -1.94. The Hall–Kier alpha value is -2.00. The normalized spacial score (nSPS) is 12.2. The zero-order valence-electron chi connectivity index (χ0n) is 17.9. The average molecular weight is 521 g/mol. The molecule has 0 bridgehead atoms. The number of carbonyl (C=O) groups is 3. The van der Waals surface area contributed by atoms with Crippen LogP contribution in [-0.4, -0.2) is 34.3 Å². The predicted octanol–water partition coefficient (Wildman–Crippen LogP) is 5.37. The van der Waals surface area contributed by atoms with Crippen LogP contribution in [0.1, 0.15) is 46.4 Å². The molecule has 3 N–H and O–H groups in total.